The second kappa shape index (κ2) is 19.9. The Labute approximate surface area is 281 Å². The molecule has 0 amide bonds. The SMILES string of the molecule is C=C(C)C(=O)OCCOc1ccc(C(=O)/C=C/c2ccc(-c3ccc(OCCCCCCOC(=O)C(=C)CC(=O)OC)cc3)cc2)cc1. The van der Waals surface area contributed by atoms with Crippen molar-refractivity contribution in [2.24, 2.45) is 0 Å². The molecule has 252 valence electrons. The van der Waals surface area contributed by atoms with E-state index in [1.807, 2.05) is 48.5 Å². The molecule has 0 fully saturated rings. The van der Waals surface area contributed by atoms with Crippen molar-refractivity contribution >= 4 is 29.8 Å². The summed E-state index contributed by atoms with van der Waals surface area (Å²) in [6.45, 7) is 9.84. The van der Waals surface area contributed by atoms with Crippen molar-refractivity contribution in [1.29, 1.82) is 0 Å². The smallest absolute Gasteiger partial charge is 0.333 e. The maximum Gasteiger partial charge on any atom is 0.333 e. The molecule has 9 heteroatoms. The number of carbonyl (C=O) groups excluding carboxylic acids is 4. The lowest BCUT2D eigenvalue weighted by atomic mass is 10.0. The first-order valence-electron chi connectivity index (χ1n) is 15.7. The lowest BCUT2D eigenvalue weighted by Gasteiger charge is -2.08. The Morgan fingerprint density at radius 3 is 1.79 bits per heavy atom. The zero-order valence-corrected chi connectivity index (χ0v) is 27.5. The Bertz CT molecular complexity index is 1570. The normalized spacial score (nSPS) is 10.6. The van der Waals surface area contributed by atoms with E-state index in [0.29, 0.717) is 23.5 Å². The van der Waals surface area contributed by atoms with Crippen molar-refractivity contribution < 1.29 is 42.9 Å². The van der Waals surface area contributed by atoms with Gasteiger partial charge in [0.25, 0.3) is 0 Å². The van der Waals surface area contributed by atoms with Crippen LogP contribution in [0.5, 0.6) is 11.5 Å². The molecule has 0 aliphatic carbocycles. The van der Waals surface area contributed by atoms with Crippen LogP contribution in [0.4, 0.5) is 0 Å². The number of benzene rings is 3. The molecule has 0 unspecified atom stereocenters. The van der Waals surface area contributed by atoms with E-state index in [0.717, 1.165) is 48.1 Å². The first kappa shape index (κ1) is 37.0. The van der Waals surface area contributed by atoms with Gasteiger partial charge in [-0.05, 0) is 91.8 Å². The second-order valence-electron chi connectivity index (χ2n) is 10.9. The quantitative estimate of drug-likeness (QED) is 0.0406. The fourth-order valence-corrected chi connectivity index (χ4v) is 4.26. The topological polar surface area (TPSA) is 114 Å². The van der Waals surface area contributed by atoms with Gasteiger partial charge in [0.15, 0.2) is 5.78 Å². The number of allylic oxidation sites excluding steroid dienone is 1. The van der Waals surface area contributed by atoms with Crippen LogP contribution in [-0.4, -0.2) is 57.2 Å². The number of ether oxygens (including phenoxy) is 5. The van der Waals surface area contributed by atoms with Crippen LogP contribution in [0.25, 0.3) is 17.2 Å². The first-order chi connectivity index (χ1) is 23.2. The summed E-state index contributed by atoms with van der Waals surface area (Å²) in [4.78, 5) is 47.0. The lowest BCUT2D eigenvalue weighted by Crippen LogP contribution is -2.12. The van der Waals surface area contributed by atoms with Crippen LogP contribution in [0.1, 0.15) is 54.9 Å². The summed E-state index contributed by atoms with van der Waals surface area (Å²) in [6, 6.07) is 22.6. The summed E-state index contributed by atoms with van der Waals surface area (Å²) >= 11 is 0. The van der Waals surface area contributed by atoms with E-state index >= 15 is 0 Å². The molecule has 0 aromatic heterocycles. The van der Waals surface area contributed by atoms with Gasteiger partial charge in [-0.15, -0.1) is 0 Å². The molecular formula is C39H42O9. The van der Waals surface area contributed by atoms with Gasteiger partial charge in [-0.2, -0.15) is 0 Å². The largest absolute Gasteiger partial charge is 0.494 e. The summed E-state index contributed by atoms with van der Waals surface area (Å²) < 4.78 is 26.1. The van der Waals surface area contributed by atoms with E-state index < -0.39 is 17.9 Å². The molecule has 0 radical (unpaired) electrons. The predicted molar refractivity (Wildman–Crippen MR) is 184 cm³/mol. The molecule has 0 aliphatic rings. The van der Waals surface area contributed by atoms with Gasteiger partial charge in [-0.1, -0.05) is 55.6 Å². The van der Waals surface area contributed by atoms with E-state index in [1.165, 1.54) is 13.2 Å². The molecule has 0 atom stereocenters. The van der Waals surface area contributed by atoms with Crippen LogP contribution in [0.3, 0.4) is 0 Å². The van der Waals surface area contributed by atoms with E-state index in [4.69, 9.17) is 18.9 Å². The van der Waals surface area contributed by atoms with Crippen LogP contribution in [0, 0.1) is 0 Å². The van der Waals surface area contributed by atoms with Gasteiger partial charge >= 0.3 is 17.9 Å². The number of methoxy groups -OCH3 is 1. The number of hydrogen-bond donors (Lipinski definition) is 0. The van der Waals surface area contributed by atoms with Crippen LogP contribution in [-0.2, 0) is 28.6 Å². The van der Waals surface area contributed by atoms with Crippen LogP contribution in [0.15, 0.2) is 103 Å². The van der Waals surface area contributed by atoms with Crippen LogP contribution < -0.4 is 9.47 Å². The van der Waals surface area contributed by atoms with Crippen LogP contribution >= 0.6 is 0 Å². The predicted octanol–water partition coefficient (Wildman–Crippen LogP) is 7.35. The minimum atomic E-state index is -0.572. The lowest BCUT2D eigenvalue weighted by molar-refractivity contribution is -0.144. The summed E-state index contributed by atoms with van der Waals surface area (Å²) in [5.41, 5.74) is 3.95. The molecule has 0 aliphatic heterocycles. The maximum atomic E-state index is 12.6. The third kappa shape index (κ3) is 13.1. The van der Waals surface area contributed by atoms with E-state index in [-0.39, 0.29) is 37.6 Å². The number of unbranched alkanes of at least 4 members (excludes halogenated alkanes) is 3. The third-order valence-electron chi connectivity index (χ3n) is 7.01. The average molecular weight is 655 g/mol. The van der Waals surface area contributed by atoms with Gasteiger partial charge in [0, 0.05) is 16.7 Å². The van der Waals surface area contributed by atoms with Crippen LogP contribution in [0.2, 0.25) is 0 Å². The van der Waals surface area contributed by atoms with Crippen molar-refractivity contribution in [2.75, 3.05) is 33.5 Å². The number of carbonyl (C=O) groups is 4. The van der Waals surface area contributed by atoms with Gasteiger partial charge in [0.2, 0.25) is 0 Å². The molecule has 3 aromatic carbocycles. The zero-order chi connectivity index (χ0) is 34.7. The Kier molecular flexibility index (Phi) is 15.4. The van der Waals surface area contributed by atoms with Crippen molar-refractivity contribution in [3.63, 3.8) is 0 Å². The van der Waals surface area contributed by atoms with Crippen molar-refractivity contribution in [3.8, 4) is 22.6 Å². The van der Waals surface area contributed by atoms with Gasteiger partial charge in [0.05, 0.1) is 26.7 Å². The zero-order valence-electron chi connectivity index (χ0n) is 27.5. The maximum absolute atomic E-state index is 12.6. The van der Waals surface area contributed by atoms with Crippen molar-refractivity contribution in [3.05, 3.63) is 114 Å². The van der Waals surface area contributed by atoms with E-state index in [2.05, 4.69) is 17.9 Å². The van der Waals surface area contributed by atoms with E-state index in [1.54, 1.807) is 37.3 Å². The molecule has 0 N–H and O–H groups in total. The number of hydrogen-bond acceptors (Lipinski definition) is 9. The molecular weight excluding hydrogens is 612 g/mol. The number of ketones is 1. The van der Waals surface area contributed by atoms with E-state index in [9.17, 15) is 19.2 Å². The minimum absolute atomic E-state index is 0.0886. The van der Waals surface area contributed by atoms with Crippen molar-refractivity contribution in [2.45, 2.75) is 39.0 Å². The molecule has 0 heterocycles. The molecule has 0 spiro atoms. The highest BCUT2D eigenvalue weighted by molar-refractivity contribution is 6.06. The highest BCUT2D eigenvalue weighted by Crippen LogP contribution is 2.24. The van der Waals surface area contributed by atoms with Crippen molar-refractivity contribution in [1.82, 2.24) is 0 Å². The van der Waals surface area contributed by atoms with Gasteiger partial charge in [-0.25, -0.2) is 9.59 Å². The average Bonchev–Trinajstić information content (AvgIpc) is 3.10. The molecule has 3 rings (SSSR count). The molecule has 3 aromatic rings. The Morgan fingerprint density at radius 1 is 0.646 bits per heavy atom. The molecule has 0 bridgehead atoms. The third-order valence-corrected chi connectivity index (χ3v) is 7.01. The molecule has 9 nitrogen and oxygen atoms in total. The molecule has 48 heavy (non-hydrogen) atoms. The Balaban J connectivity index is 1.34. The molecule has 0 saturated heterocycles. The minimum Gasteiger partial charge on any atom is -0.494 e. The fourth-order valence-electron chi connectivity index (χ4n) is 4.26. The summed E-state index contributed by atoms with van der Waals surface area (Å²) in [5, 5.41) is 0. The summed E-state index contributed by atoms with van der Waals surface area (Å²) in [6.07, 6.45) is 6.57. The standard InChI is InChI=1S/C39H42O9/c1-28(2)38(42)48-26-25-46-35-20-16-33(17-21-35)36(40)22-11-30-9-12-31(13-10-30)32-14-18-34(19-15-32)45-23-7-5-6-8-24-47-39(43)29(3)27-37(41)44-4/h9-22H,1,3,5-8,23-27H2,2,4H3/b22-11+. The fraction of sp³-hybridized carbons (Fsp3) is 0.282. The monoisotopic (exact) mass is 654 g/mol. The highest BCUT2D eigenvalue weighted by Gasteiger charge is 2.13. The number of esters is 3. The molecule has 0 saturated carbocycles. The summed E-state index contributed by atoms with van der Waals surface area (Å²) in [5.74, 6) is -0.312. The van der Waals surface area contributed by atoms with Gasteiger partial charge in [-0.3, -0.25) is 9.59 Å². The Hall–Kier alpha value is -5.44. The first-order valence-corrected chi connectivity index (χ1v) is 15.7. The Morgan fingerprint density at radius 2 is 1.19 bits per heavy atom. The van der Waals surface area contributed by atoms with Gasteiger partial charge < -0.3 is 23.7 Å². The second-order valence-corrected chi connectivity index (χ2v) is 10.9. The summed E-state index contributed by atoms with van der Waals surface area (Å²) in [7, 11) is 1.26. The van der Waals surface area contributed by atoms with Gasteiger partial charge in [0.1, 0.15) is 24.7 Å². The highest BCUT2D eigenvalue weighted by atomic mass is 16.6. The number of rotatable bonds is 20.